The molecule has 4 rings (SSSR count). The van der Waals surface area contributed by atoms with Crippen molar-refractivity contribution < 1.29 is 26.2 Å². The largest absolute Gasteiger partial charge is 0.352 e. The summed E-state index contributed by atoms with van der Waals surface area (Å²) in [6, 6.07) is 10.2. The van der Waals surface area contributed by atoms with Gasteiger partial charge in [0.05, 0.1) is 17.9 Å². The Morgan fingerprint density at radius 1 is 0.914 bits per heavy atom. The molecule has 1 aromatic carbocycles. The van der Waals surface area contributed by atoms with Crippen molar-refractivity contribution in [1.82, 2.24) is 10.3 Å². The molecule has 3 heterocycles. The van der Waals surface area contributed by atoms with E-state index in [2.05, 4.69) is 19.7 Å². The number of carbonyl (C=O) groups is 1. The van der Waals surface area contributed by atoms with Gasteiger partial charge in [-0.2, -0.15) is 0 Å². The Hall–Kier alpha value is -3.20. The number of carbonyl (C=O) groups excluding carboxylic acids is 1. The Balaban J connectivity index is 1.56. The Morgan fingerprint density at radius 3 is 2.00 bits per heavy atom. The van der Waals surface area contributed by atoms with Crippen LogP contribution in [0.4, 0.5) is 11.4 Å². The van der Waals surface area contributed by atoms with Crippen LogP contribution in [0.15, 0.2) is 80.4 Å². The average Bonchev–Trinajstić information content (AvgIpc) is 3.58. The van der Waals surface area contributed by atoms with E-state index in [1.165, 1.54) is 30.3 Å². The number of H-pyrrole nitrogens is 1. The van der Waals surface area contributed by atoms with Crippen LogP contribution in [0, 0.1) is 0 Å². The number of nitrogens with zero attached hydrogens (tertiary/aromatic N) is 1. The number of hydrogen-bond donors (Lipinski definition) is 4. The molecule has 0 saturated carbocycles. The number of hydrogen-bond acceptors (Lipinski definition) is 7. The number of amides is 1. The number of thiophene rings is 2. The quantitative estimate of drug-likeness (QED) is 0.167. The standard InChI is InChI=1S/C21H21N5O5S4/c27-21(23-6-3-8-26-9-7-22-15-26)16-12-17(24-34(28,29)19-4-1-10-32-19)14-18(13-16)25-35(30,31)20-5-2-11-33-20/h1-2,4-5,7,9-15,24-25H,3,6,8H2,(H,23,27)/p+1. The minimum atomic E-state index is -3.91. The van der Waals surface area contributed by atoms with Crippen molar-refractivity contribution in [2.24, 2.45) is 0 Å². The van der Waals surface area contributed by atoms with Crippen molar-refractivity contribution in [1.29, 1.82) is 0 Å². The molecule has 1 amide bonds. The van der Waals surface area contributed by atoms with Gasteiger partial charge in [-0.05, 0) is 41.1 Å². The summed E-state index contributed by atoms with van der Waals surface area (Å²) in [5, 5.41) is 6.04. The number of sulfonamides is 2. The van der Waals surface area contributed by atoms with Crippen LogP contribution in [-0.2, 0) is 26.6 Å². The van der Waals surface area contributed by atoms with Gasteiger partial charge < -0.3 is 5.32 Å². The van der Waals surface area contributed by atoms with E-state index >= 15 is 0 Å². The SMILES string of the molecule is O=C(NCCC[n+]1cc[nH]c1)c1cc(NS(=O)(=O)c2cccs2)cc(NS(=O)(=O)c2cccs2)c1. The third-order valence-electron chi connectivity index (χ3n) is 4.70. The summed E-state index contributed by atoms with van der Waals surface area (Å²) in [7, 11) is -7.81. The minimum Gasteiger partial charge on any atom is -0.352 e. The lowest BCUT2D eigenvalue weighted by Crippen LogP contribution is -2.33. The monoisotopic (exact) mass is 552 g/mol. The van der Waals surface area contributed by atoms with E-state index in [1.807, 2.05) is 10.8 Å². The Bertz CT molecular complexity index is 1400. The van der Waals surface area contributed by atoms with Crippen molar-refractivity contribution in [3.63, 3.8) is 0 Å². The molecule has 0 bridgehead atoms. The van der Waals surface area contributed by atoms with Crippen LogP contribution < -0.4 is 19.3 Å². The molecule has 4 N–H and O–H groups in total. The van der Waals surface area contributed by atoms with Gasteiger partial charge in [-0.1, -0.05) is 12.1 Å². The summed E-state index contributed by atoms with van der Waals surface area (Å²) >= 11 is 2.08. The van der Waals surface area contributed by atoms with Crippen LogP contribution >= 0.6 is 22.7 Å². The lowest BCUT2D eigenvalue weighted by atomic mass is 10.1. The molecular formula is C21H22N5O5S4+. The summed E-state index contributed by atoms with van der Waals surface area (Å²) in [4.78, 5) is 15.8. The zero-order valence-electron chi connectivity index (χ0n) is 18.2. The van der Waals surface area contributed by atoms with Crippen molar-refractivity contribution in [2.45, 2.75) is 21.4 Å². The minimum absolute atomic E-state index is 0.0535. The van der Waals surface area contributed by atoms with Gasteiger partial charge in [0.25, 0.3) is 26.0 Å². The van der Waals surface area contributed by atoms with E-state index in [0.29, 0.717) is 19.5 Å². The maximum Gasteiger partial charge on any atom is 0.271 e. The first-order chi connectivity index (χ1) is 16.7. The zero-order valence-corrected chi connectivity index (χ0v) is 21.4. The Morgan fingerprint density at radius 2 is 1.51 bits per heavy atom. The molecule has 0 aliphatic rings. The van der Waals surface area contributed by atoms with Gasteiger partial charge in [-0.25, -0.2) is 21.4 Å². The summed E-state index contributed by atoms with van der Waals surface area (Å²) in [5.74, 6) is -0.460. The van der Waals surface area contributed by atoms with Gasteiger partial charge in [0.1, 0.15) is 20.8 Å². The summed E-state index contributed by atoms with van der Waals surface area (Å²) in [5.41, 5.74) is 0.213. The van der Waals surface area contributed by atoms with E-state index in [9.17, 15) is 21.6 Å². The van der Waals surface area contributed by atoms with Gasteiger partial charge in [0, 0.05) is 18.5 Å². The fraction of sp³-hybridized carbons (Fsp3) is 0.143. The zero-order chi connectivity index (χ0) is 24.9. The fourth-order valence-electron chi connectivity index (χ4n) is 3.15. The van der Waals surface area contributed by atoms with Crippen LogP contribution in [0.3, 0.4) is 0 Å². The highest BCUT2D eigenvalue weighted by molar-refractivity contribution is 7.95. The number of aromatic amines is 1. The lowest BCUT2D eigenvalue weighted by Gasteiger charge is -2.13. The van der Waals surface area contributed by atoms with Gasteiger partial charge in [0.15, 0.2) is 0 Å². The smallest absolute Gasteiger partial charge is 0.271 e. The molecule has 10 nitrogen and oxygen atoms in total. The third-order valence-corrected chi connectivity index (χ3v) is 10.3. The number of rotatable bonds is 11. The predicted molar refractivity (Wildman–Crippen MR) is 135 cm³/mol. The van der Waals surface area contributed by atoms with Crippen molar-refractivity contribution in [2.75, 3.05) is 16.0 Å². The molecule has 35 heavy (non-hydrogen) atoms. The lowest BCUT2D eigenvalue weighted by molar-refractivity contribution is -0.695. The van der Waals surface area contributed by atoms with E-state index < -0.39 is 26.0 Å². The molecule has 0 unspecified atom stereocenters. The molecule has 0 saturated heterocycles. The number of aryl methyl sites for hydroxylation is 1. The highest BCUT2D eigenvalue weighted by atomic mass is 32.3. The van der Waals surface area contributed by atoms with Crippen molar-refractivity contribution in [3.05, 3.63) is 77.5 Å². The maximum absolute atomic E-state index is 12.8. The molecule has 0 spiro atoms. The second-order valence-corrected chi connectivity index (χ2v) is 13.0. The number of imidazole rings is 1. The molecule has 0 fully saturated rings. The van der Waals surface area contributed by atoms with Crippen LogP contribution in [0.2, 0.25) is 0 Å². The molecule has 4 aromatic rings. The fourth-order valence-corrected chi connectivity index (χ4v) is 7.21. The van der Waals surface area contributed by atoms with E-state index in [-0.39, 0.29) is 25.4 Å². The summed E-state index contributed by atoms with van der Waals surface area (Å²) < 4.78 is 57.8. The first-order valence-corrected chi connectivity index (χ1v) is 15.0. The Labute approximate surface area is 210 Å². The number of anilines is 2. The van der Waals surface area contributed by atoms with Crippen molar-refractivity contribution in [3.8, 4) is 0 Å². The molecule has 3 aromatic heterocycles. The van der Waals surface area contributed by atoms with Crippen LogP contribution in [0.1, 0.15) is 16.8 Å². The number of nitrogens with one attached hydrogen (secondary N) is 4. The van der Waals surface area contributed by atoms with Gasteiger partial charge in [-0.3, -0.25) is 19.2 Å². The molecule has 0 atom stereocenters. The van der Waals surface area contributed by atoms with Crippen LogP contribution in [0.25, 0.3) is 0 Å². The molecule has 0 radical (unpaired) electrons. The van der Waals surface area contributed by atoms with E-state index in [4.69, 9.17) is 0 Å². The Kier molecular flexibility index (Phi) is 7.54. The maximum atomic E-state index is 12.8. The predicted octanol–water partition coefficient (Wildman–Crippen LogP) is 2.85. The highest BCUT2D eigenvalue weighted by Gasteiger charge is 2.20. The van der Waals surface area contributed by atoms with Gasteiger partial charge >= 0.3 is 0 Å². The molecular weight excluding hydrogens is 531 g/mol. The summed E-state index contributed by atoms with van der Waals surface area (Å²) in [6.45, 7) is 1.06. The van der Waals surface area contributed by atoms with Gasteiger partial charge in [-0.15, -0.1) is 22.7 Å². The third kappa shape index (κ3) is 6.48. The van der Waals surface area contributed by atoms with Crippen molar-refractivity contribution >= 4 is 60.0 Å². The molecule has 0 aliphatic heterocycles. The first-order valence-electron chi connectivity index (χ1n) is 10.3. The normalized spacial score (nSPS) is 11.8. The van der Waals surface area contributed by atoms with Crippen LogP contribution in [-0.4, -0.2) is 34.3 Å². The molecule has 0 aliphatic carbocycles. The number of benzene rings is 1. The molecule has 184 valence electrons. The first kappa shape index (κ1) is 24.9. The average molecular weight is 553 g/mol. The molecule has 14 heteroatoms. The topological polar surface area (TPSA) is 141 Å². The van der Waals surface area contributed by atoms with E-state index in [0.717, 1.165) is 22.7 Å². The van der Waals surface area contributed by atoms with E-state index in [1.54, 1.807) is 35.4 Å². The highest BCUT2D eigenvalue weighted by Crippen LogP contribution is 2.27. The summed E-state index contributed by atoms with van der Waals surface area (Å²) in [6.07, 6.45) is 6.13. The second kappa shape index (κ2) is 10.6. The van der Waals surface area contributed by atoms with Crippen LogP contribution in [0.5, 0.6) is 0 Å². The van der Waals surface area contributed by atoms with Gasteiger partial charge in [0.2, 0.25) is 6.33 Å². The second-order valence-electron chi connectivity index (χ2n) is 7.33. The number of aromatic nitrogens is 2.